The highest BCUT2D eigenvalue weighted by molar-refractivity contribution is 9.10. The molecule has 0 saturated carbocycles. The first-order valence-electron chi connectivity index (χ1n) is 9.07. The molecular weight excluding hydrogens is 422 g/mol. The minimum Gasteiger partial charge on any atom is -0.454 e. The van der Waals surface area contributed by atoms with Crippen molar-refractivity contribution in [1.82, 2.24) is 9.47 Å². The molecule has 5 rings (SSSR count). The van der Waals surface area contributed by atoms with Gasteiger partial charge in [0, 0.05) is 41.2 Å². The van der Waals surface area contributed by atoms with Crippen molar-refractivity contribution < 1.29 is 14.3 Å². The minimum atomic E-state index is -0.147. The van der Waals surface area contributed by atoms with E-state index in [-0.39, 0.29) is 18.9 Å². The first-order chi connectivity index (χ1) is 13.7. The van der Waals surface area contributed by atoms with Crippen molar-refractivity contribution in [3.8, 4) is 11.5 Å². The predicted molar refractivity (Wildman–Crippen MR) is 109 cm³/mol. The third-order valence-electron chi connectivity index (χ3n) is 5.11. The maximum absolute atomic E-state index is 13.2. The number of ether oxygens (including phenoxy) is 2. The largest absolute Gasteiger partial charge is 0.454 e. The summed E-state index contributed by atoms with van der Waals surface area (Å²) < 4.78 is 14.0. The van der Waals surface area contributed by atoms with E-state index in [1.165, 1.54) is 0 Å². The molecule has 0 spiro atoms. The molecule has 28 heavy (non-hydrogen) atoms. The van der Waals surface area contributed by atoms with Gasteiger partial charge in [-0.25, -0.2) is 4.79 Å². The second kappa shape index (κ2) is 6.91. The molecule has 1 atom stereocenters. The van der Waals surface area contributed by atoms with Crippen LogP contribution in [0.3, 0.4) is 0 Å². The van der Waals surface area contributed by atoms with Crippen molar-refractivity contribution in [2.45, 2.75) is 12.6 Å². The van der Waals surface area contributed by atoms with Crippen molar-refractivity contribution in [1.29, 1.82) is 0 Å². The van der Waals surface area contributed by atoms with Crippen molar-refractivity contribution >= 4 is 27.6 Å². The molecule has 1 aromatic heterocycles. The number of carbonyl (C=O) groups excluding carboxylic acids is 1. The number of carbonyl (C=O) groups is 1. The summed E-state index contributed by atoms with van der Waals surface area (Å²) in [5.74, 6) is 1.34. The van der Waals surface area contributed by atoms with Gasteiger partial charge < -0.3 is 24.3 Å². The summed E-state index contributed by atoms with van der Waals surface area (Å²) in [6.45, 7) is 1.60. The van der Waals surface area contributed by atoms with Gasteiger partial charge in [-0.05, 0) is 42.0 Å². The number of hydrogen-bond donors (Lipinski definition) is 1. The van der Waals surface area contributed by atoms with E-state index in [9.17, 15) is 4.79 Å². The fraction of sp³-hybridized carbons (Fsp3) is 0.190. The van der Waals surface area contributed by atoms with Gasteiger partial charge in [0.2, 0.25) is 6.79 Å². The molecule has 3 aromatic rings. The number of benzene rings is 2. The molecule has 2 aliphatic rings. The summed E-state index contributed by atoms with van der Waals surface area (Å²) in [5, 5.41) is 3.01. The molecule has 7 heteroatoms. The minimum absolute atomic E-state index is 0.140. The third kappa shape index (κ3) is 3.01. The predicted octanol–water partition coefficient (Wildman–Crippen LogP) is 4.62. The molecule has 0 fully saturated rings. The number of aromatic nitrogens is 1. The Morgan fingerprint density at radius 2 is 1.86 bits per heavy atom. The van der Waals surface area contributed by atoms with Crippen LogP contribution in [0, 0.1) is 0 Å². The number of amides is 2. The van der Waals surface area contributed by atoms with E-state index >= 15 is 0 Å². The van der Waals surface area contributed by atoms with E-state index < -0.39 is 0 Å². The van der Waals surface area contributed by atoms with Crippen molar-refractivity contribution in [2.75, 3.05) is 18.7 Å². The van der Waals surface area contributed by atoms with Crippen LogP contribution in [0.25, 0.3) is 0 Å². The first kappa shape index (κ1) is 17.2. The molecule has 142 valence electrons. The summed E-state index contributed by atoms with van der Waals surface area (Å²) in [4.78, 5) is 15.1. The lowest BCUT2D eigenvalue weighted by Crippen LogP contribution is -2.44. The standard InChI is InChI=1S/C21H18BrN3O3/c22-15-5-3-14(4-6-15)20-17-2-1-9-24(17)10-11-25(20)21(26)23-16-7-8-18-19(12-16)28-13-27-18/h1-9,12,20H,10-11,13H2,(H,23,26)/t20-/m1/s1. The Labute approximate surface area is 170 Å². The Morgan fingerprint density at radius 3 is 2.71 bits per heavy atom. The van der Waals surface area contributed by atoms with Crippen LogP contribution in [0.1, 0.15) is 17.3 Å². The second-order valence-corrected chi connectivity index (χ2v) is 7.69. The lowest BCUT2D eigenvalue weighted by Gasteiger charge is -2.37. The lowest BCUT2D eigenvalue weighted by atomic mass is 10.0. The highest BCUT2D eigenvalue weighted by Gasteiger charge is 2.32. The monoisotopic (exact) mass is 439 g/mol. The van der Waals surface area contributed by atoms with E-state index in [0.717, 1.165) is 22.3 Å². The highest BCUT2D eigenvalue weighted by atomic mass is 79.9. The maximum atomic E-state index is 13.2. The SMILES string of the molecule is O=C(Nc1ccc2c(c1)OCO2)N1CCn2cccc2[C@H]1c1ccc(Br)cc1. The number of hydrogen-bond acceptors (Lipinski definition) is 3. The van der Waals surface area contributed by atoms with E-state index in [1.807, 2.05) is 35.2 Å². The van der Waals surface area contributed by atoms with Crippen LogP contribution in [0.2, 0.25) is 0 Å². The zero-order chi connectivity index (χ0) is 19.1. The lowest BCUT2D eigenvalue weighted by molar-refractivity contribution is 0.174. The summed E-state index contributed by atoms with van der Waals surface area (Å²) in [6, 6.07) is 17.4. The van der Waals surface area contributed by atoms with Gasteiger partial charge in [-0.1, -0.05) is 28.1 Å². The van der Waals surface area contributed by atoms with Crippen molar-refractivity contribution in [2.24, 2.45) is 0 Å². The molecule has 1 N–H and O–H groups in total. The summed E-state index contributed by atoms with van der Waals surface area (Å²) in [6.07, 6.45) is 2.06. The quantitative estimate of drug-likeness (QED) is 0.633. The number of fused-ring (bicyclic) bond motifs is 2. The number of nitrogens with one attached hydrogen (secondary N) is 1. The van der Waals surface area contributed by atoms with Crippen LogP contribution < -0.4 is 14.8 Å². The zero-order valence-electron chi connectivity index (χ0n) is 15.0. The van der Waals surface area contributed by atoms with E-state index in [2.05, 4.69) is 50.2 Å². The van der Waals surface area contributed by atoms with E-state index in [1.54, 1.807) is 6.07 Å². The average molecular weight is 440 g/mol. The van der Waals surface area contributed by atoms with Gasteiger partial charge in [-0.3, -0.25) is 0 Å². The van der Waals surface area contributed by atoms with Crippen LogP contribution in [-0.2, 0) is 6.54 Å². The van der Waals surface area contributed by atoms with Gasteiger partial charge in [0.25, 0.3) is 0 Å². The molecule has 2 amide bonds. The molecule has 0 unspecified atom stereocenters. The van der Waals surface area contributed by atoms with Crippen LogP contribution in [0.4, 0.5) is 10.5 Å². The van der Waals surface area contributed by atoms with Crippen LogP contribution in [0.5, 0.6) is 11.5 Å². The summed E-state index contributed by atoms with van der Waals surface area (Å²) in [5.41, 5.74) is 2.86. The molecule has 0 saturated heterocycles. The van der Waals surface area contributed by atoms with Crippen LogP contribution in [-0.4, -0.2) is 28.8 Å². The summed E-state index contributed by atoms with van der Waals surface area (Å²) in [7, 11) is 0. The topological polar surface area (TPSA) is 55.7 Å². The fourth-order valence-electron chi connectivity index (χ4n) is 3.77. The number of rotatable bonds is 2. The molecule has 6 nitrogen and oxygen atoms in total. The molecule has 2 aromatic carbocycles. The van der Waals surface area contributed by atoms with Gasteiger partial charge in [0.05, 0.1) is 6.04 Å². The van der Waals surface area contributed by atoms with Gasteiger partial charge in [0.1, 0.15) is 0 Å². The Kier molecular flexibility index (Phi) is 4.24. The summed E-state index contributed by atoms with van der Waals surface area (Å²) >= 11 is 3.49. The van der Waals surface area contributed by atoms with Gasteiger partial charge in [0.15, 0.2) is 11.5 Å². The van der Waals surface area contributed by atoms with Crippen molar-refractivity contribution in [3.63, 3.8) is 0 Å². The van der Waals surface area contributed by atoms with E-state index in [4.69, 9.17) is 9.47 Å². The second-order valence-electron chi connectivity index (χ2n) is 6.77. The van der Waals surface area contributed by atoms with Crippen LogP contribution >= 0.6 is 15.9 Å². The van der Waals surface area contributed by atoms with Crippen molar-refractivity contribution in [3.05, 3.63) is 76.5 Å². The van der Waals surface area contributed by atoms with E-state index in [0.29, 0.717) is 23.7 Å². The number of urea groups is 1. The number of anilines is 1. The molecule has 2 aliphatic heterocycles. The maximum Gasteiger partial charge on any atom is 0.322 e. The average Bonchev–Trinajstić information content (AvgIpc) is 3.36. The van der Waals surface area contributed by atoms with Gasteiger partial charge >= 0.3 is 6.03 Å². The molecular formula is C21H18BrN3O3. The highest BCUT2D eigenvalue weighted by Crippen LogP contribution is 2.36. The number of nitrogens with zero attached hydrogens (tertiary/aromatic N) is 2. The number of halogens is 1. The molecule has 0 bridgehead atoms. The zero-order valence-corrected chi connectivity index (χ0v) is 16.6. The van der Waals surface area contributed by atoms with Gasteiger partial charge in [-0.2, -0.15) is 0 Å². The Hall–Kier alpha value is -2.93. The Morgan fingerprint density at radius 1 is 1.04 bits per heavy atom. The van der Waals surface area contributed by atoms with Gasteiger partial charge in [-0.15, -0.1) is 0 Å². The smallest absolute Gasteiger partial charge is 0.322 e. The first-order valence-corrected chi connectivity index (χ1v) is 9.86. The molecule has 0 radical (unpaired) electrons. The Bertz CT molecular complexity index is 1030. The Balaban J connectivity index is 1.45. The normalized spacial score (nSPS) is 17.3. The molecule has 0 aliphatic carbocycles. The fourth-order valence-corrected chi connectivity index (χ4v) is 4.03. The third-order valence-corrected chi connectivity index (χ3v) is 5.64. The molecule has 3 heterocycles. The van der Waals surface area contributed by atoms with Crippen LogP contribution in [0.15, 0.2) is 65.3 Å².